The summed E-state index contributed by atoms with van der Waals surface area (Å²) in [6, 6.07) is 8.39. The van der Waals surface area contributed by atoms with Gasteiger partial charge >= 0.3 is 0 Å². The van der Waals surface area contributed by atoms with Crippen molar-refractivity contribution in [1.29, 1.82) is 0 Å². The molecule has 2 fully saturated rings. The first kappa shape index (κ1) is 12.4. The highest BCUT2D eigenvalue weighted by Gasteiger charge is 2.50. The minimum absolute atomic E-state index is 0.498. The molecule has 2 saturated carbocycles. The van der Waals surface area contributed by atoms with E-state index in [1.807, 2.05) is 0 Å². The molecule has 2 aromatic rings. The van der Waals surface area contributed by atoms with Crippen LogP contribution in [-0.2, 0) is 13.0 Å². The highest BCUT2D eigenvalue weighted by molar-refractivity contribution is 5.82. The molecule has 0 radical (unpaired) electrons. The fraction of sp³-hybridized carbons (Fsp3) is 0.588. The summed E-state index contributed by atoms with van der Waals surface area (Å²) in [5, 5.41) is 17.0. The van der Waals surface area contributed by atoms with Gasteiger partial charge in [-0.25, -0.2) is 0 Å². The summed E-state index contributed by atoms with van der Waals surface area (Å²) >= 11 is 0. The van der Waals surface area contributed by atoms with Crippen LogP contribution in [0.15, 0.2) is 24.3 Å². The van der Waals surface area contributed by atoms with Crippen molar-refractivity contribution in [1.82, 2.24) is 9.78 Å². The van der Waals surface area contributed by atoms with E-state index in [0.717, 1.165) is 31.0 Å². The Morgan fingerprint density at radius 3 is 2.90 bits per heavy atom. The van der Waals surface area contributed by atoms with Crippen molar-refractivity contribution in [2.24, 2.45) is 11.8 Å². The van der Waals surface area contributed by atoms with Gasteiger partial charge in [-0.05, 0) is 50.5 Å². The zero-order valence-corrected chi connectivity index (χ0v) is 12.0. The van der Waals surface area contributed by atoms with Crippen molar-refractivity contribution in [3.05, 3.63) is 30.0 Å². The number of hydrogen-bond acceptors (Lipinski definition) is 2. The Morgan fingerprint density at radius 1 is 1.35 bits per heavy atom. The average Bonchev–Trinajstić information content (AvgIpc) is 3.12. The van der Waals surface area contributed by atoms with E-state index in [4.69, 9.17) is 5.10 Å². The minimum atomic E-state index is -0.501. The van der Waals surface area contributed by atoms with Crippen LogP contribution in [0.4, 0.5) is 0 Å². The first-order valence-electron chi connectivity index (χ1n) is 7.86. The maximum atomic E-state index is 11.0. The lowest BCUT2D eigenvalue weighted by atomic mass is 9.80. The van der Waals surface area contributed by atoms with Gasteiger partial charge in [0.1, 0.15) is 0 Å². The normalized spacial score (nSPS) is 32.3. The van der Waals surface area contributed by atoms with Gasteiger partial charge in [-0.2, -0.15) is 5.10 Å². The molecular weight excluding hydrogens is 248 g/mol. The molecule has 0 saturated heterocycles. The van der Waals surface area contributed by atoms with E-state index in [9.17, 15) is 5.11 Å². The molecular formula is C17H22N2O. The Labute approximate surface area is 119 Å². The Hall–Kier alpha value is -1.35. The Morgan fingerprint density at radius 2 is 2.20 bits per heavy atom. The number of aromatic nitrogens is 2. The first-order valence-corrected chi connectivity index (χ1v) is 7.86. The van der Waals surface area contributed by atoms with Crippen molar-refractivity contribution in [2.75, 3.05) is 0 Å². The molecule has 0 spiro atoms. The Kier molecular flexibility index (Phi) is 2.68. The molecule has 3 atom stereocenters. The summed E-state index contributed by atoms with van der Waals surface area (Å²) < 4.78 is 2.06. The summed E-state index contributed by atoms with van der Waals surface area (Å²) in [6.07, 6.45) is 5.44. The quantitative estimate of drug-likeness (QED) is 0.930. The number of aliphatic hydroxyl groups is 1. The fourth-order valence-electron chi connectivity index (χ4n) is 4.49. The number of benzene rings is 1. The van der Waals surface area contributed by atoms with E-state index in [0.29, 0.717) is 5.92 Å². The maximum absolute atomic E-state index is 11.0. The van der Waals surface area contributed by atoms with E-state index in [1.54, 1.807) is 0 Å². The molecule has 0 amide bonds. The molecule has 20 heavy (non-hydrogen) atoms. The molecule has 106 valence electrons. The molecule has 2 aliphatic rings. The van der Waals surface area contributed by atoms with Crippen molar-refractivity contribution in [2.45, 2.75) is 51.2 Å². The van der Waals surface area contributed by atoms with Gasteiger partial charge in [0.05, 0.1) is 16.8 Å². The lowest BCUT2D eigenvalue weighted by Crippen LogP contribution is -2.37. The fourth-order valence-corrected chi connectivity index (χ4v) is 4.49. The second-order valence-corrected chi connectivity index (χ2v) is 6.64. The maximum Gasteiger partial charge on any atom is 0.0734 e. The predicted molar refractivity (Wildman–Crippen MR) is 79.5 cm³/mol. The zero-order chi connectivity index (χ0) is 13.7. The van der Waals surface area contributed by atoms with Crippen LogP contribution in [0.25, 0.3) is 10.9 Å². The molecule has 3 heteroatoms. The number of aryl methyl sites for hydroxylation is 1. The number of para-hydroxylation sites is 1. The smallest absolute Gasteiger partial charge is 0.0734 e. The van der Waals surface area contributed by atoms with Crippen LogP contribution in [0.5, 0.6) is 0 Å². The molecule has 1 aromatic carbocycles. The largest absolute Gasteiger partial charge is 0.389 e. The molecule has 1 heterocycles. The van der Waals surface area contributed by atoms with Gasteiger partial charge in [0, 0.05) is 18.4 Å². The van der Waals surface area contributed by atoms with Gasteiger partial charge in [0.2, 0.25) is 0 Å². The summed E-state index contributed by atoms with van der Waals surface area (Å²) in [6.45, 7) is 3.00. The molecule has 2 aliphatic carbocycles. The Balaban J connectivity index is 1.72. The van der Waals surface area contributed by atoms with Gasteiger partial charge in [0.15, 0.2) is 0 Å². The van der Waals surface area contributed by atoms with E-state index in [1.165, 1.54) is 30.2 Å². The molecule has 3 unspecified atom stereocenters. The third kappa shape index (κ3) is 1.72. The van der Waals surface area contributed by atoms with Crippen molar-refractivity contribution in [3.63, 3.8) is 0 Å². The topological polar surface area (TPSA) is 38.0 Å². The first-order chi connectivity index (χ1) is 9.69. The summed E-state index contributed by atoms with van der Waals surface area (Å²) in [5.41, 5.74) is 1.77. The summed E-state index contributed by atoms with van der Waals surface area (Å²) in [4.78, 5) is 0. The van der Waals surface area contributed by atoms with Crippen LogP contribution in [-0.4, -0.2) is 20.5 Å². The molecule has 1 aromatic heterocycles. The SMILES string of the molecule is CCn1nc(CC2(O)CC3CCC2C3)c2ccccc21. The second-order valence-electron chi connectivity index (χ2n) is 6.64. The third-order valence-electron chi connectivity index (χ3n) is 5.45. The molecule has 2 bridgehead atoms. The average molecular weight is 270 g/mol. The van der Waals surface area contributed by atoms with Crippen LogP contribution in [0.2, 0.25) is 0 Å². The Bertz CT molecular complexity index is 647. The highest BCUT2D eigenvalue weighted by Crippen LogP contribution is 2.52. The minimum Gasteiger partial charge on any atom is -0.389 e. The van der Waals surface area contributed by atoms with Crippen LogP contribution in [0, 0.1) is 11.8 Å². The monoisotopic (exact) mass is 270 g/mol. The van der Waals surface area contributed by atoms with Gasteiger partial charge in [-0.15, -0.1) is 0 Å². The second kappa shape index (κ2) is 4.32. The summed E-state index contributed by atoms with van der Waals surface area (Å²) in [5.74, 6) is 1.25. The van der Waals surface area contributed by atoms with Crippen molar-refractivity contribution < 1.29 is 5.11 Å². The van der Waals surface area contributed by atoms with Crippen molar-refractivity contribution >= 4 is 10.9 Å². The molecule has 4 rings (SSSR count). The van der Waals surface area contributed by atoms with Crippen molar-refractivity contribution in [3.8, 4) is 0 Å². The number of fused-ring (bicyclic) bond motifs is 3. The van der Waals surface area contributed by atoms with E-state index < -0.39 is 5.60 Å². The van der Waals surface area contributed by atoms with Gasteiger partial charge in [0.25, 0.3) is 0 Å². The third-order valence-corrected chi connectivity index (χ3v) is 5.45. The summed E-state index contributed by atoms with van der Waals surface area (Å²) in [7, 11) is 0. The highest BCUT2D eigenvalue weighted by atomic mass is 16.3. The van der Waals surface area contributed by atoms with Gasteiger partial charge < -0.3 is 5.11 Å². The van der Waals surface area contributed by atoms with Crippen LogP contribution < -0.4 is 0 Å². The van der Waals surface area contributed by atoms with Crippen LogP contribution in [0.3, 0.4) is 0 Å². The zero-order valence-electron chi connectivity index (χ0n) is 12.0. The van der Waals surface area contributed by atoms with E-state index in [2.05, 4.69) is 35.9 Å². The lowest BCUT2D eigenvalue weighted by Gasteiger charge is -2.31. The lowest BCUT2D eigenvalue weighted by molar-refractivity contribution is -0.0131. The predicted octanol–water partition coefficient (Wildman–Crippen LogP) is 3.15. The van der Waals surface area contributed by atoms with Gasteiger partial charge in [-0.3, -0.25) is 4.68 Å². The number of hydrogen-bond donors (Lipinski definition) is 1. The van der Waals surface area contributed by atoms with Gasteiger partial charge in [-0.1, -0.05) is 18.2 Å². The van der Waals surface area contributed by atoms with E-state index in [-0.39, 0.29) is 0 Å². The van der Waals surface area contributed by atoms with E-state index >= 15 is 0 Å². The standard InChI is InChI=1S/C17H22N2O/c1-2-19-16-6-4-3-5-14(16)15(18-19)11-17(20)10-12-7-8-13(17)9-12/h3-6,12-13,20H,2,7-11H2,1H3. The molecule has 0 aliphatic heterocycles. The van der Waals surface area contributed by atoms with Crippen LogP contribution >= 0.6 is 0 Å². The number of rotatable bonds is 3. The molecule has 3 nitrogen and oxygen atoms in total. The molecule has 1 N–H and O–H groups in total. The number of nitrogens with zero attached hydrogens (tertiary/aromatic N) is 2. The van der Waals surface area contributed by atoms with Crippen LogP contribution in [0.1, 0.15) is 38.3 Å².